The molecule has 1 saturated heterocycles. The molecule has 0 aliphatic carbocycles. The Bertz CT molecular complexity index is 664. The molecule has 2 aromatic rings. The Balaban J connectivity index is 0.00000192. The number of piperidine rings is 1. The molecule has 1 aliphatic heterocycles. The molecule has 2 heterocycles. The SMILES string of the molecule is CC(C)n1cc(-c2ccc(F)c(Cl)c2)nc1C1CCNCC1.Cl. The first-order valence-corrected chi connectivity index (χ1v) is 8.19. The lowest BCUT2D eigenvalue weighted by atomic mass is 9.97. The molecule has 1 fully saturated rings. The van der Waals surface area contributed by atoms with Gasteiger partial charge in [-0.05, 0) is 58.0 Å². The lowest BCUT2D eigenvalue weighted by molar-refractivity contribution is 0.420. The number of imidazole rings is 1. The Hall–Kier alpha value is -1.10. The number of nitrogens with one attached hydrogen (secondary N) is 1. The van der Waals surface area contributed by atoms with E-state index < -0.39 is 5.82 Å². The number of aromatic nitrogens is 2. The largest absolute Gasteiger partial charge is 0.332 e. The maximum absolute atomic E-state index is 13.4. The van der Waals surface area contributed by atoms with Gasteiger partial charge in [0.15, 0.2) is 0 Å². The minimum Gasteiger partial charge on any atom is -0.332 e. The number of hydrogen-bond acceptors (Lipinski definition) is 2. The van der Waals surface area contributed by atoms with Crippen molar-refractivity contribution in [1.82, 2.24) is 14.9 Å². The minimum atomic E-state index is -0.396. The average molecular weight is 358 g/mol. The van der Waals surface area contributed by atoms with Crippen LogP contribution < -0.4 is 5.32 Å². The second-order valence-corrected chi connectivity index (χ2v) is 6.55. The Morgan fingerprint density at radius 3 is 2.61 bits per heavy atom. The summed E-state index contributed by atoms with van der Waals surface area (Å²) in [6.45, 7) is 6.39. The smallest absolute Gasteiger partial charge is 0.141 e. The normalized spacial score (nSPS) is 15.7. The molecule has 1 N–H and O–H groups in total. The van der Waals surface area contributed by atoms with Crippen molar-refractivity contribution in [3.8, 4) is 11.3 Å². The van der Waals surface area contributed by atoms with Crippen LogP contribution >= 0.6 is 24.0 Å². The van der Waals surface area contributed by atoms with Crippen LogP contribution in [0, 0.1) is 5.82 Å². The van der Waals surface area contributed by atoms with E-state index in [1.165, 1.54) is 6.07 Å². The molecule has 0 radical (unpaired) electrons. The third kappa shape index (κ3) is 3.87. The van der Waals surface area contributed by atoms with Crippen molar-refractivity contribution >= 4 is 24.0 Å². The predicted molar refractivity (Wildman–Crippen MR) is 95.1 cm³/mol. The van der Waals surface area contributed by atoms with Gasteiger partial charge in [-0.3, -0.25) is 0 Å². The molecule has 1 aromatic heterocycles. The van der Waals surface area contributed by atoms with Crippen molar-refractivity contribution in [1.29, 1.82) is 0 Å². The summed E-state index contributed by atoms with van der Waals surface area (Å²) in [5.41, 5.74) is 1.73. The van der Waals surface area contributed by atoms with Crippen LogP contribution in [0.2, 0.25) is 5.02 Å². The summed E-state index contributed by atoms with van der Waals surface area (Å²) in [7, 11) is 0. The molecule has 0 spiro atoms. The molecule has 0 unspecified atom stereocenters. The third-order valence-electron chi connectivity index (χ3n) is 4.24. The summed E-state index contributed by atoms with van der Waals surface area (Å²) in [6, 6.07) is 5.13. The summed E-state index contributed by atoms with van der Waals surface area (Å²) in [4.78, 5) is 4.85. The Kier molecular flexibility index (Phi) is 6.06. The molecule has 0 saturated carbocycles. The van der Waals surface area contributed by atoms with E-state index in [1.807, 2.05) is 0 Å². The number of benzene rings is 1. The van der Waals surface area contributed by atoms with E-state index in [1.54, 1.807) is 12.1 Å². The Morgan fingerprint density at radius 2 is 2.00 bits per heavy atom. The molecule has 23 heavy (non-hydrogen) atoms. The van der Waals surface area contributed by atoms with Gasteiger partial charge < -0.3 is 9.88 Å². The van der Waals surface area contributed by atoms with E-state index in [-0.39, 0.29) is 17.4 Å². The minimum absolute atomic E-state index is 0. The maximum atomic E-state index is 13.4. The van der Waals surface area contributed by atoms with E-state index in [0.29, 0.717) is 12.0 Å². The van der Waals surface area contributed by atoms with Gasteiger partial charge >= 0.3 is 0 Å². The van der Waals surface area contributed by atoms with Crippen LogP contribution in [0.3, 0.4) is 0 Å². The first-order chi connectivity index (χ1) is 10.6. The van der Waals surface area contributed by atoms with Gasteiger partial charge in [-0.15, -0.1) is 12.4 Å². The molecule has 6 heteroatoms. The van der Waals surface area contributed by atoms with Gasteiger partial charge in [0.1, 0.15) is 11.6 Å². The fourth-order valence-corrected chi connectivity index (χ4v) is 3.18. The molecule has 3 rings (SSSR count). The topological polar surface area (TPSA) is 29.9 Å². The van der Waals surface area contributed by atoms with E-state index >= 15 is 0 Å². The van der Waals surface area contributed by atoms with Crippen LogP contribution in [0.5, 0.6) is 0 Å². The summed E-state index contributed by atoms with van der Waals surface area (Å²) in [6.07, 6.45) is 4.27. The molecule has 1 aromatic carbocycles. The highest BCUT2D eigenvalue weighted by Gasteiger charge is 2.22. The summed E-state index contributed by atoms with van der Waals surface area (Å²) >= 11 is 5.90. The van der Waals surface area contributed by atoms with Gasteiger partial charge in [0, 0.05) is 23.7 Å². The van der Waals surface area contributed by atoms with Gasteiger partial charge in [-0.2, -0.15) is 0 Å². The van der Waals surface area contributed by atoms with Crippen LogP contribution in [0.15, 0.2) is 24.4 Å². The molecule has 0 atom stereocenters. The molecule has 3 nitrogen and oxygen atoms in total. The van der Waals surface area contributed by atoms with Crippen molar-refractivity contribution in [2.75, 3.05) is 13.1 Å². The zero-order valence-electron chi connectivity index (χ0n) is 13.4. The standard InChI is InChI=1S/C17H21ClFN3.ClH/c1-11(2)22-10-16(13-3-4-15(19)14(18)9-13)21-17(22)12-5-7-20-8-6-12;/h3-4,9-12,20H,5-8H2,1-2H3;1H. The van der Waals surface area contributed by atoms with E-state index in [4.69, 9.17) is 16.6 Å². The van der Waals surface area contributed by atoms with Crippen molar-refractivity contribution in [3.63, 3.8) is 0 Å². The molecule has 0 amide bonds. The van der Waals surface area contributed by atoms with Crippen molar-refractivity contribution in [3.05, 3.63) is 41.1 Å². The molecule has 126 valence electrons. The second-order valence-electron chi connectivity index (χ2n) is 6.14. The van der Waals surface area contributed by atoms with Gasteiger partial charge in [-0.25, -0.2) is 9.37 Å². The van der Waals surface area contributed by atoms with Crippen LogP contribution in [0.1, 0.15) is 44.5 Å². The lowest BCUT2D eigenvalue weighted by Crippen LogP contribution is -2.28. The first kappa shape index (κ1) is 18.2. The van der Waals surface area contributed by atoms with Crippen molar-refractivity contribution < 1.29 is 4.39 Å². The van der Waals surface area contributed by atoms with Crippen molar-refractivity contribution in [2.24, 2.45) is 0 Å². The summed E-state index contributed by atoms with van der Waals surface area (Å²) in [5, 5.41) is 3.53. The second kappa shape index (κ2) is 7.65. The highest BCUT2D eigenvalue weighted by molar-refractivity contribution is 6.31. The maximum Gasteiger partial charge on any atom is 0.141 e. The van der Waals surface area contributed by atoms with Crippen LogP contribution in [0.4, 0.5) is 4.39 Å². The van der Waals surface area contributed by atoms with Gasteiger partial charge in [0.2, 0.25) is 0 Å². The Labute approximate surface area is 147 Å². The highest BCUT2D eigenvalue weighted by Crippen LogP contribution is 2.31. The van der Waals surface area contributed by atoms with Crippen LogP contribution in [-0.4, -0.2) is 22.6 Å². The summed E-state index contributed by atoms with van der Waals surface area (Å²) in [5.74, 6) is 1.22. The van der Waals surface area contributed by atoms with Gasteiger partial charge in [-0.1, -0.05) is 11.6 Å². The zero-order chi connectivity index (χ0) is 15.7. The number of nitrogens with zero attached hydrogens (tertiary/aromatic N) is 2. The number of halogens is 3. The molecule has 0 bridgehead atoms. The third-order valence-corrected chi connectivity index (χ3v) is 4.53. The molecular formula is C17H22Cl2FN3. The van der Waals surface area contributed by atoms with Gasteiger partial charge in [0.25, 0.3) is 0 Å². The summed E-state index contributed by atoms with van der Waals surface area (Å²) < 4.78 is 15.6. The number of hydrogen-bond donors (Lipinski definition) is 1. The van der Waals surface area contributed by atoms with Crippen molar-refractivity contribution in [2.45, 2.75) is 38.6 Å². The van der Waals surface area contributed by atoms with Crippen LogP contribution in [0.25, 0.3) is 11.3 Å². The number of rotatable bonds is 3. The quantitative estimate of drug-likeness (QED) is 0.853. The van der Waals surface area contributed by atoms with Crippen LogP contribution in [-0.2, 0) is 0 Å². The van der Waals surface area contributed by atoms with E-state index in [9.17, 15) is 4.39 Å². The predicted octanol–water partition coefficient (Wildman–Crippen LogP) is 4.81. The average Bonchev–Trinajstić information content (AvgIpc) is 2.96. The molecule has 1 aliphatic rings. The Morgan fingerprint density at radius 1 is 1.30 bits per heavy atom. The first-order valence-electron chi connectivity index (χ1n) is 7.81. The highest BCUT2D eigenvalue weighted by atomic mass is 35.5. The fraction of sp³-hybridized carbons (Fsp3) is 0.471. The van der Waals surface area contributed by atoms with E-state index in [0.717, 1.165) is 43.0 Å². The lowest BCUT2D eigenvalue weighted by Gasteiger charge is -2.24. The molecular weight excluding hydrogens is 336 g/mol. The monoisotopic (exact) mass is 357 g/mol. The fourth-order valence-electron chi connectivity index (χ4n) is 3.00. The van der Waals surface area contributed by atoms with E-state index in [2.05, 4.69) is 29.9 Å². The van der Waals surface area contributed by atoms with Gasteiger partial charge in [0.05, 0.1) is 10.7 Å². The zero-order valence-corrected chi connectivity index (χ0v) is 14.9.